The lowest BCUT2D eigenvalue weighted by Gasteiger charge is -2.21. The van der Waals surface area contributed by atoms with E-state index in [0.29, 0.717) is 40.2 Å². The number of nitrogens with one attached hydrogen (secondary N) is 1. The van der Waals surface area contributed by atoms with Crippen LogP contribution in [0.25, 0.3) is 11.5 Å². The van der Waals surface area contributed by atoms with Gasteiger partial charge in [0.05, 0.1) is 23.4 Å². The second-order valence-corrected chi connectivity index (χ2v) is 8.08. The summed E-state index contributed by atoms with van der Waals surface area (Å²) >= 11 is 6.22. The van der Waals surface area contributed by atoms with Crippen LogP contribution in [-0.2, 0) is 6.54 Å². The molecule has 0 aliphatic carbocycles. The van der Waals surface area contributed by atoms with Gasteiger partial charge in [-0.2, -0.15) is 0 Å². The number of carbonyl (C=O) groups excluding carboxylic acids is 2. The highest BCUT2D eigenvalue weighted by Crippen LogP contribution is 2.27. The van der Waals surface area contributed by atoms with E-state index in [0.717, 1.165) is 12.0 Å². The maximum atomic E-state index is 13.3. The lowest BCUT2D eigenvalue weighted by atomic mass is 10.1. The fraction of sp³-hybridized carbons (Fsp3) is 0.200. The summed E-state index contributed by atoms with van der Waals surface area (Å²) in [6.45, 7) is 4.47. The first-order valence-electron chi connectivity index (χ1n) is 10.8. The molecule has 8 nitrogen and oxygen atoms in total. The maximum Gasteiger partial charge on any atom is 0.291 e. The molecule has 0 aliphatic rings. The molecule has 0 fully saturated rings. The van der Waals surface area contributed by atoms with Gasteiger partial charge >= 0.3 is 0 Å². The zero-order valence-corrected chi connectivity index (χ0v) is 19.5. The third-order valence-corrected chi connectivity index (χ3v) is 5.49. The molecule has 9 heteroatoms. The van der Waals surface area contributed by atoms with E-state index in [1.807, 2.05) is 26.0 Å². The molecule has 0 aliphatic heterocycles. The Hall–Kier alpha value is -3.91. The number of aryl methyl sites for hydroxylation is 1. The Bertz CT molecular complexity index is 1300. The quantitative estimate of drug-likeness (QED) is 0.354. The summed E-state index contributed by atoms with van der Waals surface area (Å²) in [6.07, 6.45) is 2.17. The highest BCUT2D eigenvalue weighted by Gasteiger charge is 2.21. The zero-order chi connectivity index (χ0) is 24.1. The van der Waals surface area contributed by atoms with Gasteiger partial charge in [0.2, 0.25) is 11.8 Å². The van der Waals surface area contributed by atoms with E-state index in [9.17, 15) is 9.59 Å². The van der Waals surface area contributed by atoms with Crippen LogP contribution >= 0.6 is 11.6 Å². The van der Waals surface area contributed by atoms with Gasteiger partial charge in [-0.3, -0.25) is 9.59 Å². The smallest absolute Gasteiger partial charge is 0.291 e. The summed E-state index contributed by atoms with van der Waals surface area (Å²) in [5, 5.41) is 11.5. The monoisotopic (exact) mass is 478 g/mol. The van der Waals surface area contributed by atoms with Gasteiger partial charge in [0.25, 0.3) is 11.8 Å². The lowest BCUT2D eigenvalue weighted by Crippen LogP contribution is -2.31. The van der Waals surface area contributed by atoms with Gasteiger partial charge in [0.1, 0.15) is 0 Å². The fourth-order valence-electron chi connectivity index (χ4n) is 3.41. The SMILES string of the molecule is CCCN(Cc1nnc(-c2ccccc2Cl)o1)C(=O)c1ccc(C)c(NC(=O)c2ccco2)c1. The van der Waals surface area contributed by atoms with Gasteiger partial charge in [-0.1, -0.05) is 36.7 Å². The molecule has 4 rings (SSSR count). The molecule has 1 N–H and O–H groups in total. The Morgan fingerprint density at radius 2 is 1.91 bits per heavy atom. The Morgan fingerprint density at radius 1 is 1.09 bits per heavy atom. The fourth-order valence-corrected chi connectivity index (χ4v) is 3.63. The first-order chi connectivity index (χ1) is 16.5. The normalized spacial score (nSPS) is 10.8. The van der Waals surface area contributed by atoms with E-state index in [2.05, 4.69) is 15.5 Å². The van der Waals surface area contributed by atoms with E-state index in [1.54, 1.807) is 47.4 Å². The second-order valence-electron chi connectivity index (χ2n) is 7.67. The number of aromatic nitrogens is 2. The molecular formula is C25H23ClN4O4. The van der Waals surface area contributed by atoms with E-state index in [4.69, 9.17) is 20.4 Å². The van der Waals surface area contributed by atoms with Crippen LogP contribution < -0.4 is 5.32 Å². The molecule has 34 heavy (non-hydrogen) atoms. The van der Waals surface area contributed by atoms with Gasteiger partial charge in [0.15, 0.2) is 5.76 Å². The predicted molar refractivity (Wildman–Crippen MR) is 128 cm³/mol. The van der Waals surface area contributed by atoms with Crippen molar-refractivity contribution in [3.63, 3.8) is 0 Å². The topological polar surface area (TPSA) is 101 Å². The number of amides is 2. The first kappa shape index (κ1) is 23.3. The molecular weight excluding hydrogens is 456 g/mol. The Balaban J connectivity index is 1.53. The molecule has 2 aromatic heterocycles. The minimum absolute atomic E-state index is 0.145. The summed E-state index contributed by atoms with van der Waals surface area (Å²) in [7, 11) is 0. The lowest BCUT2D eigenvalue weighted by molar-refractivity contribution is 0.0728. The summed E-state index contributed by atoms with van der Waals surface area (Å²) in [6, 6.07) is 15.6. The molecule has 0 saturated carbocycles. The summed E-state index contributed by atoms with van der Waals surface area (Å²) in [5.41, 5.74) is 2.41. The average Bonchev–Trinajstić information content (AvgIpc) is 3.53. The highest BCUT2D eigenvalue weighted by molar-refractivity contribution is 6.33. The van der Waals surface area contributed by atoms with E-state index >= 15 is 0 Å². The van der Waals surface area contributed by atoms with Crippen molar-refractivity contribution in [1.82, 2.24) is 15.1 Å². The number of halogens is 1. The minimum atomic E-state index is -0.388. The second kappa shape index (κ2) is 10.4. The minimum Gasteiger partial charge on any atom is -0.459 e. The van der Waals surface area contributed by atoms with Gasteiger partial charge in [0, 0.05) is 17.8 Å². The van der Waals surface area contributed by atoms with E-state index in [1.165, 1.54) is 6.26 Å². The van der Waals surface area contributed by atoms with Crippen LogP contribution in [0.2, 0.25) is 5.02 Å². The largest absolute Gasteiger partial charge is 0.459 e. The van der Waals surface area contributed by atoms with Crippen LogP contribution in [0.1, 0.15) is 45.7 Å². The van der Waals surface area contributed by atoms with Gasteiger partial charge in [-0.05, 0) is 55.3 Å². The van der Waals surface area contributed by atoms with Gasteiger partial charge in [-0.15, -0.1) is 10.2 Å². The van der Waals surface area contributed by atoms with Crippen molar-refractivity contribution in [3.8, 4) is 11.5 Å². The van der Waals surface area contributed by atoms with Crippen LogP contribution in [0.4, 0.5) is 5.69 Å². The van der Waals surface area contributed by atoms with Gasteiger partial charge in [-0.25, -0.2) is 0 Å². The van der Waals surface area contributed by atoms with Crippen molar-refractivity contribution in [2.75, 3.05) is 11.9 Å². The first-order valence-corrected chi connectivity index (χ1v) is 11.2. The number of rotatable bonds is 8. The molecule has 2 heterocycles. The third-order valence-electron chi connectivity index (χ3n) is 5.16. The van der Waals surface area contributed by atoms with Crippen molar-refractivity contribution >= 4 is 29.1 Å². The Labute approximate surface area is 201 Å². The van der Waals surface area contributed by atoms with Crippen molar-refractivity contribution in [2.24, 2.45) is 0 Å². The number of furan rings is 1. The van der Waals surface area contributed by atoms with Gasteiger partial charge < -0.3 is 19.1 Å². The van der Waals surface area contributed by atoms with Crippen LogP contribution in [-0.4, -0.2) is 33.5 Å². The van der Waals surface area contributed by atoms with Crippen molar-refractivity contribution < 1.29 is 18.4 Å². The number of carbonyl (C=O) groups is 2. The highest BCUT2D eigenvalue weighted by atomic mass is 35.5. The summed E-state index contributed by atoms with van der Waals surface area (Å²) < 4.78 is 10.9. The molecule has 2 aromatic carbocycles. The van der Waals surface area contributed by atoms with E-state index in [-0.39, 0.29) is 24.1 Å². The Morgan fingerprint density at radius 3 is 2.65 bits per heavy atom. The standard InChI is InChI=1S/C25H23ClN4O4/c1-3-12-30(15-22-28-29-24(34-22)18-7-4-5-8-19(18)26)25(32)17-11-10-16(2)20(14-17)27-23(31)21-9-6-13-33-21/h4-11,13-14H,3,12,15H2,1-2H3,(H,27,31). The molecule has 0 bridgehead atoms. The third kappa shape index (κ3) is 5.18. The van der Waals surface area contributed by atoms with Crippen LogP contribution in [0, 0.1) is 6.92 Å². The van der Waals surface area contributed by atoms with Crippen LogP contribution in [0.15, 0.2) is 69.7 Å². The van der Waals surface area contributed by atoms with Crippen molar-refractivity contribution in [3.05, 3.63) is 88.7 Å². The molecule has 0 radical (unpaired) electrons. The number of benzene rings is 2. The van der Waals surface area contributed by atoms with Crippen molar-refractivity contribution in [1.29, 1.82) is 0 Å². The molecule has 0 unspecified atom stereocenters. The van der Waals surface area contributed by atoms with Crippen molar-refractivity contribution in [2.45, 2.75) is 26.8 Å². The molecule has 174 valence electrons. The van der Waals surface area contributed by atoms with Crippen LogP contribution in [0.3, 0.4) is 0 Å². The Kier molecular flexibility index (Phi) is 7.08. The molecule has 0 saturated heterocycles. The maximum absolute atomic E-state index is 13.3. The molecule has 2 amide bonds. The molecule has 0 atom stereocenters. The number of hydrogen-bond acceptors (Lipinski definition) is 6. The summed E-state index contributed by atoms with van der Waals surface area (Å²) in [4.78, 5) is 27.4. The predicted octanol–water partition coefficient (Wildman–Crippen LogP) is 5.60. The average molecular weight is 479 g/mol. The molecule has 4 aromatic rings. The van der Waals surface area contributed by atoms with Crippen LogP contribution in [0.5, 0.6) is 0 Å². The number of nitrogens with zero attached hydrogens (tertiary/aromatic N) is 3. The zero-order valence-electron chi connectivity index (χ0n) is 18.7. The summed E-state index contributed by atoms with van der Waals surface area (Å²) in [5.74, 6) is 0.182. The number of anilines is 1. The van der Waals surface area contributed by atoms with E-state index < -0.39 is 0 Å². The number of hydrogen-bond donors (Lipinski definition) is 1. The molecule has 0 spiro atoms.